The minimum atomic E-state index is -3.82. The number of nitrogens with one attached hydrogen (secondary N) is 1. The van der Waals surface area contributed by atoms with Crippen molar-refractivity contribution in [3.63, 3.8) is 0 Å². The van der Waals surface area contributed by atoms with Crippen molar-refractivity contribution in [1.29, 1.82) is 0 Å². The van der Waals surface area contributed by atoms with Crippen LogP contribution in [0.2, 0.25) is 0 Å². The maximum Gasteiger partial charge on any atom is 0.264 e. The second-order valence-electron chi connectivity index (χ2n) is 3.88. The summed E-state index contributed by atoms with van der Waals surface area (Å²) in [5.41, 5.74) is 0.947. The number of benzene rings is 1. The molecule has 5 nitrogen and oxygen atoms in total. The molecule has 0 saturated heterocycles. The van der Waals surface area contributed by atoms with E-state index in [1.54, 1.807) is 19.1 Å². The summed E-state index contributed by atoms with van der Waals surface area (Å²) < 4.78 is 30.8. The molecule has 0 saturated carbocycles. The highest BCUT2D eigenvalue weighted by molar-refractivity contribution is 7.90. The molecule has 1 atom stereocenters. The Labute approximate surface area is 107 Å². The molecule has 100 valence electrons. The Balaban J connectivity index is 2.82. The van der Waals surface area contributed by atoms with Gasteiger partial charge in [-0.1, -0.05) is 17.7 Å². The molecule has 0 spiro atoms. The lowest BCUT2D eigenvalue weighted by Crippen LogP contribution is -2.38. The summed E-state index contributed by atoms with van der Waals surface area (Å²) in [6, 6.07) is 6.25. The second-order valence-corrected chi connectivity index (χ2v) is 5.56. The Hall–Kier alpha value is -1.40. The van der Waals surface area contributed by atoms with Crippen LogP contribution in [-0.2, 0) is 19.6 Å². The van der Waals surface area contributed by atoms with E-state index in [1.807, 2.05) is 11.6 Å². The predicted octanol–water partition coefficient (Wildman–Crippen LogP) is 1.22. The molecule has 0 aromatic heterocycles. The van der Waals surface area contributed by atoms with Crippen molar-refractivity contribution in [3.05, 3.63) is 29.8 Å². The fourth-order valence-corrected chi connectivity index (χ4v) is 2.36. The van der Waals surface area contributed by atoms with Crippen molar-refractivity contribution in [2.75, 3.05) is 6.61 Å². The number of carbonyl (C=O) groups is 1. The van der Waals surface area contributed by atoms with Gasteiger partial charge in [-0.2, -0.15) is 0 Å². The first-order valence-electron chi connectivity index (χ1n) is 5.61. The lowest BCUT2D eigenvalue weighted by atomic mass is 10.2. The number of carbonyl (C=O) groups excluding carboxylic acids is 1. The van der Waals surface area contributed by atoms with Gasteiger partial charge in [0.15, 0.2) is 0 Å². The van der Waals surface area contributed by atoms with Gasteiger partial charge in [0.1, 0.15) is 6.10 Å². The molecule has 1 rings (SSSR count). The van der Waals surface area contributed by atoms with Gasteiger partial charge in [-0.15, -0.1) is 0 Å². The highest BCUT2D eigenvalue weighted by atomic mass is 32.2. The van der Waals surface area contributed by atoms with Crippen LogP contribution < -0.4 is 4.72 Å². The molecule has 18 heavy (non-hydrogen) atoms. The fourth-order valence-electron chi connectivity index (χ4n) is 1.32. The van der Waals surface area contributed by atoms with E-state index in [9.17, 15) is 13.2 Å². The van der Waals surface area contributed by atoms with Gasteiger partial charge in [-0.05, 0) is 32.9 Å². The molecule has 1 amide bonds. The monoisotopic (exact) mass is 271 g/mol. The van der Waals surface area contributed by atoms with Crippen LogP contribution in [-0.4, -0.2) is 27.0 Å². The number of rotatable bonds is 5. The summed E-state index contributed by atoms with van der Waals surface area (Å²) in [6.45, 7) is 5.44. The lowest BCUT2D eigenvalue weighted by Gasteiger charge is -2.12. The maximum absolute atomic E-state index is 11.9. The average molecular weight is 271 g/mol. The van der Waals surface area contributed by atoms with Crippen LogP contribution in [0.25, 0.3) is 0 Å². The summed E-state index contributed by atoms with van der Waals surface area (Å²) in [6.07, 6.45) is -0.796. The molecule has 1 N–H and O–H groups in total. The molecule has 6 heteroatoms. The van der Waals surface area contributed by atoms with Gasteiger partial charge >= 0.3 is 0 Å². The van der Waals surface area contributed by atoms with Crippen LogP contribution in [0.4, 0.5) is 0 Å². The Bertz CT molecular complexity index is 507. The minimum absolute atomic E-state index is 0.0603. The third kappa shape index (κ3) is 3.82. The van der Waals surface area contributed by atoms with Crippen LogP contribution >= 0.6 is 0 Å². The largest absolute Gasteiger partial charge is 0.369 e. The van der Waals surface area contributed by atoms with Crippen molar-refractivity contribution >= 4 is 15.9 Å². The van der Waals surface area contributed by atoms with E-state index in [2.05, 4.69) is 0 Å². The first-order chi connectivity index (χ1) is 8.36. The number of sulfonamides is 1. The number of aryl methyl sites for hydroxylation is 1. The number of hydrogen-bond donors (Lipinski definition) is 1. The van der Waals surface area contributed by atoms with E-state index in [4.69, 9.17) is 4.74 Å². The number of amides is 1. The SMILES string of the molecule is CCO[C@@H](C)C(=O)NS(=O)(=O)c1ccc(C)cc1. The molecule has 1 aromatic carbocycles. The van der Waals surface area contributed by atoms with E-state index < -0.39 is 22.0 Å². The van der Waals surface area contributed by atoms with Crippen LogP contribution in [0.3, 0.4) is 0 Å². The van der Waals surface area contributed by atoms with Crippen LogP contribution in [0.5, 0.6) is 0 Å². The van der Waals surface area contributed by atoms with Crippen molar-refractivity contribution in [2.24, 2.45) is 0 Å². The molecule has 0 heterocycles. The first-order valence-corrected chi connectivity index (χ1v) is 7.10. The Kier molecular flexibility index (Phi) is 4.86. The summed E-state index contributed by atoms with van der Waals surface area (Å²) in [5.74, 6) is -0.669. The minimum Gasteiger partial charge on any atom is -0.369 e. The Morgan fingerprint density at radius 2 is 1.89 bits per heavy atom. The van der Waals surface area contributed by atoms with Gasteiger partial charge < -0.3 is 4.74 Å². The summed E-state index contributed by atoms with van der Waals surface area (Å²) in [4.78, 5) is 11.6. The molecular formula is C12H17NO4S. The van der Waals surface area contributed by atoms with Crippen LogP contribution in [0, 0.1) is 6.92 Å². The predicted molar refractivity (Wildman–Crippen MR) is 67.6 cm³/mol. The molecular weight excluding hydrogens is 254 g/mol. The zero-order valence-electron chi connectivity index (χ0n) is 10.6. The van der Waals surface area contributed by atoms with Crippen molar-refractivity contribution in [3.8, 4) is 0 Å². The van der Waals surface area contributed by atoms with E-state index in [-0.39, 0.29) is 4.90 Å². The molecule has 0 bridgehead atoms. The highest BCUT2D eigenvalue weighted by Gasteiger charge is 2.21. The van der Waals surface area contributed by atoms with Gasteiger partial charge in [0, 0.05) is 6.61 Å². The van der Waals surface area contributed by atoms with Crippen LogP contribution in [0.15, 0.2) is 29.2 Å². The molecule has 0 radical (unpaired) electrons. The number of hydrogen-bond acceptors (Lipinski definition) is 4. The van der Waals surface area contributed by atoms with Crippen LogP contribution in [0.1, 0.15) is 19.4 Å². The summed E-state index contributed by atoms with van der Waals surface area (Å²) in [7, 11) is -3.82. The molecule has 0 aliphatic rings. The standard InChI is InChI=1S/C12H17NO4S/c1-4-17-10(3)12(14)13-18(15,16)11-7-5-9(2)6-8-11/h5-8,10H,4H2,1-3H3,(H,13,14)/t10-/m0/s1. The summed E-state index contributed by atoms with van der Waals surface area (Å²) in [5, 5.41) is 0. The Morgan fingerprint density at radius 3 is 2.39 bits per heavy atom. The quantitative estimate of drug-likeness (QED) is 0.874. The Morgan fingerprint density at radius 1 is 1.33 bits per heavy atom. The zero-order chi connectivity index (χ0) is 13.8. The van der Waals surface area contributed by atoms with Gasteiger partial charge in [-0.25, -0.2) is 13.1 Å². The average Bonchev–Trinajstić information content (AvgIpc) is 2.29. The maximum atomic E-state index is 11.9. The topological polar surface area (TPSA) is 72.5 Å². The van der Waals surface area contributed by atoms with Crippen molar-refractivity contribution in [1.82, 2.24) is 4.72 Å². The first kappa shape index (κ1) is 14.7. The van der Waals surface area contributed by atoms with E-state index in [0.29, 0.717) is 6.61 Å². The van der Waals surface area contributed by atoms with E-state index >= 15 is 0 Å². The lowest BCUT2D eigenvalue weighted by molar-refractivity contribution is -0.129. The van der Waals surface area contributed by atoms with Crippen molar-refractivity contribution < 1.29 is 17.9 Å². The second kappa shape index (κ2) is 5.97. The summed E-state index contributed by atoms with van der Waals surface area (Å²) >= 11 is 0. The van der Waals surface area contributed by atoms with Gasteiger partial charge in [0.25, 0.3) is 15.9 Å². The molecule has 1 aromatic rings. The van der Waals surface area contributed by atoms with Crippen molar-refractivity contribution in [2.45, 2.75) is 31.8 Å². The van der Waals surface area contributed by atoms with E-state index in [1.165, 1.54) is 19.1 Å². The molecule has 0 fully saturated rings. The molecule has 0 aliphatic carbocycles. The number of ether oxygens (including phenoxy) is 1. The van der Waals surface area contributed by atoms with Gasteiger partial charge in [0.2, 0.25) is 0 Å². The molecule has 0 aliphatic heterocycles. The smallest absolute Gasteiger partial charge is 0.264 e. The third-order valence-electron chi connectivity index (χ3n) is 2.35. The fraction of sp³-hybridized carbons (Fsp3) is 0.417. The van der Waals surface area contributed by atoms with Gasteiger partial charge in [0.05, 0.1) is 4.90 Å². The van der Waals surface area contributed by atoms with Gasteiger partial charge in [-0.3, -0.25) is 4.79 Å². The highest BCUT2D eigenvalue weighted by Crippen LogP contribution is 2.10. The molecule has 0 unspecified atom stereocenters. The normalized spacial score (nSPS) is 13.1. The zero-order valence-corrected chi connectivity index (χ0v) is 11.5. The van der Waals surface area contributed by atoms with E-state index in [0.717, 1.165) is 5.56 Å². The third-order valence-corrected chi connectivity index (χ3v) is 3.71.